The minimum atomic E-state index is -0.168. The third kappa shape index (κ3) is 3.48. The standard InChI is InChI=1S/C17H19BrN2O/c18-9-8-17(21)19-16-7-6-14-11-20(12-15(14)16)10-13-4-2-1-3-5-13/h1-5,14-16H,6-7,10-12H2,(H,19,21). The van der Waals surface area contributed by atoms with Gasteiger partial charge in [-0.15, -0.1) is 0 Å². The Kier molecular flexibility index (Phi) is 4.62. The molecule has 1 amide bonds. The van der Waals surface area contributed by atoms with Crippen molar-refractivity contribution < 1.29 is 4.79 Å². The highest BCUT2D eigenvalue weighted by Crippen LogP contribution is 2.38. The summed E-state index contributed by atoms with van der Waals surface area (Å²) in [4.78, 5) is 16.6. The fraction of sp³-hybridized carbons (Fsp3) is 0.471. The lowest BCUT2D eigenvalue weighted by atomic mass is 9.98. The Balaban J connectivity index is 1.58. The second kappa shape index (κ2) is 6.64. The van der Waals surface area contributed by atoms with Crippen LogP contribution in [0.4, 0.5) is 0 Å². The summed E-state index contributed by atoms with van der Waals surface area (Å²) in [6.07, 6.45) is 2.30. The summed E-state index contributed by atoms with van der Waals surface area (Å²) < 4.78 is 0. The molecule has 3 rings (SSSR count). The first-order valence-electron chi connectivity index (χ1n) is 7.44. The smallest absolute Gasteiger partial charge is 0.296 e. The van der Waals surface area contributed by atoms with E-state index in [-0.39, 0.29) is 11.9 Å². The third-order valence-electron chi connectivity index (χ3n) is 4.66. The highest BCUT2D eigenvalue weighted by molar-refractivity contribution is 9.12. The fourth-order valence-corrected chi connectivity index (χ4v) is 3.94. The predicted octanol–water partition coefficient (Wildman–Crippen LogP) is 2.37. The van der Waals surface area contributed by atoms with Gasteiger partial charge in [-0.25, -0.2) is 0 Å². The number of hydrogen-bond acceptors (Lipinski definition) is 2. The van der Waals surface area contributed by atoms with Crippen LogP contribution in [-0.2, 0) is 11.3 Å². The molecule has 1 aliphatic heterocycles. The number of likely N-dealkylation sites (tertiary alicyclic amines) is 1. The Bertz CT molecular complexity index is 563. The molecule has 3 nitrogen and oxygen atoms in total. The van der Waals surface area contributed by atoms with Crippen LogP contribution in [0.2, 0.25) is 0 Å². The molecule has 0 radical (unpaired) electrons. The summed E-state index contributed by atoms with van der Waals surface area (Å²) >= 11 is 2.97. The Hall–Kier alpha value is -1.31. The van der Waals surface area contributed by atoms with E-state index in [9.17, 15) is 4.79 Å². The van der Waals surface area contributed by atoms with E-state index in [1.54, 1.807) is 0 Å². The molecule has 0 bridgehead atoms. The minimum absolute atomic E-state index is 0.168. The third-order valence-corrected chi connectivity index (χ3v) is 4.86. The molecule has 1 aromatic carbocycles. The number of carbonyl (C=O) groups is 1. The van der Waals surface area contributed by atoms with Gasteiger partial charge in [0.2, 0.25) is 0 Å². The SMILES string of the molecule is O=C(C#CBr)NC1CCC2CN(Cc3ccccc3)CC21. The van der Waals surface area contributed by atoms with Gasteiger partial charge in [0.15, 0.2) is 0 Å². The van der Waals surface area contributed by atoms with Gasteiger partial charge in [0.1, 0.15) is 0 Å². The summed E-state index contributed by atoms with van der Waals surface area (Å²) in [5, 5.41) is 3.07. The summed E-state index contributed by atoms with van der Waals surface area (Å²) in [5.41, 5.74) is 1.36. The fourth-order valence-electron chi connectivity index (χ4n) is 3.75. The van der Waals surface area contributed by atoms with E-state index in [4.69, 9.17) is 0 Å². The molecule has 3 atom stereocenters. The molecule has 21 heavy (non-hydrogen) atoms. The topological polar surface area (TPSA) is 32.3 Å². The molecule has 2 fully saturated rings. The zero-order valence-corrected chi connectivity index (χ0v) is 13.5. The maximum atomic E-state index is 11.6. The van der Waals surface area contributed by atoms with Gasteiger partial charge in [0, 0.05) is 47.5 Å². The van der Waals surface area contributed by atoms with Gasteiger partial charge in [-0.3, -0.25) is 9.69 Å². The van der Waals surface area contributed by atoms with Gasteiger partial charge >= 0.3 is 0 Å². The van der Waals surface area contributed by atoms with Crippen molar-refractivity contribution in [2.75, 3.05) is 13.1 Å². The second-order valence-electron chi connectivity index (χ2n) is 5.98. The van der Waals surface area contributed by atoms with Crippen LogP contribution in [0, 0.1) is 22.6 Å². The van der Waals surface area contributed by atoms with Crippen LogP contribution in [0.25, 0.3) is 0 Å². The average Bonchev–Trinajstić information content (AvgIpc) is 3.02. The normalized spacial score (nSPS) is 27.8. The van der Waals surface area contributed by atoms with Crippen molar-refractivity contribution in [1.82, 2.24) is 10.2 Å². The molecular weight excluding hydrogens is 328 g/mol. The zero-order valence-electron chi connectivity index (χ0n) is 11.9. The number of carbonyl (C=O) groups excluding carboxylic acids is 1. The molecular formula is C17H19BrN2O. The van der Waals surface area contributed by atoms with Gasteiger partial charge in [-0.1, -0.05) is 30.3 Å². The Morgan fingerprint density at radius 1 is 1.29 bits per heavy atom. The van der Waals surface area contributed by atoms with Gasteiger partial charge in [-0.05, 0) is 35.1 Å². The van der Waals surface area contributed by atoms with E-state index in [0.29, 0.717) is 5.92 Å². The Morgan fingerprint density at radius 2 is 2.10 bits per heavy atom. The largest absolute Gasteiger partial charge is 0.342 e. The molecule has 1 saturated heterocycles. The van der Waals surface area contributed by atoms with E-state index in [1.165, 1.54) is 12.0 Å². The van der Waals surface area contributed by atoms with Crippen molar-refractivity contribution in [1.29, 1.82) is 0 Å². The van der Waals surface area contributed by atoms with E-state index >= 15 is 0 Å². The average molecular weight is 347 g/mol. The van der Waals surface area contributed by atoms with Gasteiger partial charge < -0.3 is 5.32 Å². The molecule has 2 aliphatic rings. The highest BCUT2D eigenvalue weighted by atomic mass is 79.9. The van der Waals surface area contributed by atoms with Gasteiger partial charge in [0.05, 0.1) is 0 Å². The van der Waals surface area contributed by atoms with Crippen molar-refractivity contribution >= 4 is 21.8 Å². The number of halogens is 1. The van der Waals surface area contributed by atoms with Crippen LogP contribution in [0.1, 0.15) is 18.4 Å². The Morgan fingerprint density at radius 3 is 2.86 bits per heavy atom. The van der Waals surface area contributed by atoms with Crippen LogP contribution in [0.15, 0.2) is 30.3 Å². The molecule has 1 aliphatic carbocycles. The predicted molar refractivity (Wildman–Crippen MR) is 86.6 cm³/mol. The molecule has 1 heterocycles. The molecule has 1 aromatic rings. The number of hydrogen-bond donors (Lipinski definition) is 1. The summed E-state index contributed by atoms with van der Waals surface area (Å²) in [5.74, 6) is 3.64. The van der Waals surface area contributed by atoms with Crippen LogP contribution in [-0.4, -0.2) is 29.9 Å². The first-order valence-corrected chi connectivity index (χ1v) is 8.24. The lowest BCUT2D eigenvalue weighted by molar-refractivity contribution is -0.116. The number of nitrogens with zero attached hydrogens (tertiary/aromatic N) is 1. The zero-order chi connectivity index (χ0) is 14.7. The molecule has 1 saturated carbocycles. The molecule has 0 spiro atoms. The quantitative estimate of drug-likeness (QED) is 0.852. The maximum absolute atomic E-state index is 11.6. The number of nitrogens with one attached hydrogen (secondary N) is 1. The lowest BCUT2D eigenvalue weighted by Gasteiger charge is -2.21. The summed E-state index contributed by atoms with van der Waals surface area (Å²) in [6, 6.07) is 10.9. The van der Waals surface area contributed by atoms with Crippen molar-refractivity contribution in [3.63, 3.8) is 0 Å². The number of rotatable bonds is 3. The van der Waals surface area contributed by atoms with Crippen LogP contribution < -0.4 is 5.32 Å². The summed E-state index contributed by atoms with van der Waals surface area (Å²) in [7, 11) is 0. The Labute approximate surface area is 134 Å². The van der Waals surface area contributed by atoms with E-state index in [2.05, 4.69) is 67.2 Å². The van der Waals surface area contributed by atoms with Crippen molar-refractivity contribution in [2.24, 2.45) is 11.8 Å². The number of fused-ring (bicyclic) bond motifs is 1. The van der Waals surface area contributed by atoms with Crippen LogP contribution >= 0.6 is 15.9 Å². The van der Waals surface area contributed by atoms with Crippen molar-refractivity contribution in [2.45, 2.75) is 25.4 Å². The molecule has 4 heteroatoms. The van der Waals surface area contributed by atoms with Crippen molar-refractivity contribution in [3.8, 4) is 10.8 Å². The monoisotopic (exact) mass is 346 g/mol. The molecule has 0 aromatic heterocycles. The number of benzene rings is 1. The highest BCUT2D eigenvalue weighted by Gasteiger charge is 2.42. The van der Waals surface area contributed by atoms with Gasteiger partial charge in [-0.2, -0.15) is 0 Å². The van der Waals surface area contributed by atoms with E-state index < -0.39 is 0 Å². The first-order chi connectivity index (χ1) is 10.3. The van der Waals surface area contributed by atoms with Crippen LogP contribution in [0.5, 0.6) is 0 Å². The maximum Gasteiger partial charge on any atom is 0.296 e. The number of amides is 1. The van der Waals surface area contributed by atoms with Crippen LogP contribution in [0.3, 0.4) is 0 Å². The van der Waals surface area contributed by atoms with E-state index in [1.807, 2.05) is 0 Å². The minimum Gasteiger partial charge on any atom is -0.342 e. The second-order valence-corrected chi connectivity index (χ2v) is 6.38. The van der Waals surface area contributed by atoms with Crippen molar-refractivity contribution in [3.05, 3.63) is 35.9 Å². The summed E-state index contributed by atoms with van der Waals surface area (Å²) in [6.45, 7) is 3.23. The molecule has 3 unspecified atom stereocenters. The molecule has 1 N–H and O–H groups in total. The van der Waals surface area contributed by atoms with Gasteiger partial charge in [0.25, 0.3) is 5.91 Å². The van der Waals surface area contributed by atoms with E-state index in [0.717, 1.165) is 32.0 Å². The molecule has 110 valence electrons. The lowest BCUT2D eigenvalue weighted by Crippen LogP contribution is -2.39. The first kappa shape index (κ1) is 14.6.